The summed E-state index contributed by atoms with van der Waals surface area (Å²) in [6.45, 7) is 10.4. The van der Waals surface area contributed by atoms with Crippen molar-refractivity contribution in [3.63, 3.8) is 0 Å². The van der Waals surface area contributed by atoms with Crippen molar-refractivity contribution >= 4 is 17.3 Å². The van der Waals surface area contributed by atoms with Gasteiger partial charge in [-0.05, 0) is 45.6 Å². The van der Waals surface area contributed by atoms with Gasteiger partial charge >= 0.3 is 0 Å². The molecule has 2 aromatic rings. The molecule has 1 fully saturated rings. The van der Waals surface area contributed by atoms with Gasteiger partial charge in [0.1, 0.15) is 0 Å². The second-order valence-corrected chi connectivity index (χ2v) is 8.86. The van der Waals surface area contributed by atoms with E-state index in [1.54, 1.807) is 11.3 Å². The van der Waals surface area contributed by atoms with Gasteiger partial charge in [0.05, 0.1) is 5.01 Å². The second kappa shape index (κ2) is 11.3. The summed E-state index contributed by atoms with van der Waals surface area (Å²) >= 11 is 1.75. The molecule has 0 saturated carbocycles. The Morgan fingerprint density at radius 2 is 2.14 bits per heavy atom. The number of hydrogen-bond donors (Lipinski definition) is 2. The number of likely N-dealkylation sites (tertiary alicyclic amines) is 1. The zero-order valence-electron chi connectivity index (χ0n) is 18.0. The monoisotopic (exact) mass is 413 g/mol. The minimum absolute atomic E-state index is 0.483. The summed E-state index contributed by atoms with van der Waals surface area (Å²) < 4.78 is 0. The average molecular weight is 414 g/mol. The number of rotatable bonds is 8. The zero-order chi connectivity index (χ0) is 20.5. The van der Waals surface area contributed by atoms with Crippen LogP contribution in [0.25, 0.3) is 0 Å². The van der Waals surface area contributed by atoms with Gasteiger partial charge in [-0.25, -0.2) is 4.98 Å². The van der Waals surface area contributed by atoms with E-state index in [9.17, 15) is 0 Å². The molecule has 0 amide bonds. The van der Waals surface area contributed by atoms with Crippen LogP contribution in [0.2, 0.25) is 0 Å². The van der Waals surface area contributed by atoms with E-state index in [0.717, 1.165) is 63.5 Å². The summed E-state index contributed by atoms with van der Waals surface area (Å²) in [5.41, 5.74) is 2.52. The van der Waals surface area contributed by atoms with Crippen LogP contribution in [0.5, 0.6) is 0 Å². The largest absolute Gasteiger partial charge is 0.357 e. The molecule has 5 nitrogen and oxygen atoms in total. The number of piperidine rings is 1. The lowest BCUT2D eigenvalue weighted by Crippen LogP contribution is -2.51. The van der Waals surface area contributed by atoms with Crippen molar-refractivity contribution in [3.8, 4) is 0 Å². The first-order valence-corrected chi connectivity index (χ1v) is 11.8. The Labute approximate surface area is 179 Å². The highest BCUT2D eigenvalue weighted by molar-refractivity contribution is 7.09. The normalized spacial score (nSPS) is 20.6. The lowest BCUT2D eigenvalue weighted by molar-refractivity contribution is 0.134. The van der Waals surface area contributed by atoms with Gasteiger partial charge in [0, 0.05) is 55.8 Å². The molecule has 2 unspecified atom stereocenters. The first-order valence-electron chi connectivity index (χ1n) is 10.9. The van der Waals surface area contributed by atoms with Crippen LogP contribution in [0, 0.1) is 6.92 Å². The van der Waals surface area contributed by atoms with Gasteiger partial charge in [0.15, 0.2) is 5.96 Å². The highest BCUT2D eigenvalue weighted by atomic mass is 32.1. The third-order valence-corrected chi connectivity index (χ3v) is 6.44. The molecule has 1 saturated heterocycles. The Kier molecular flexibility index (Phi) is 8.50. The van der Waals surface area contributed by atoms with E-state index in [-0.39, 0.29) is 0 Å². The van der Waals surface area contributed by atoms with Crippen LogP contribution in [-0.2, 0) is 13.0 Å². The molecular formula is C23H35N5S. The number of nitrogens with one attached hydrogen (secondary N) is 2. The second-order valence-electron chi connectivity index (χ2n) is 7.92. The molecule has 2 N–H and O–H groups in total. The molecule has 2 heterocycles. The minimum atomic E-state index is 0.483. The van der Waals surface area contributed by atoms with Crippen molar-refractivity contribution in [1.29, 1.82) is 0 Å². The summed E-state index contributed by atoms with van der Waals surface area (Å²) in [6, 6.07) is 11.8. The van der Waals surface area contributed by atoms with Crippen molar-refractivity contribution in [2.45, 2.75) is 65.1 Å². The first kappa shape index (κ1) is 21.8. The number of aryl methyl sites for hydroxylation is 2. The highest BCUT2D eigenvalue weighted by Gasteiger charge is 2.25. The molecule has 2 atom stereocenters. The summed E-state index contributed by atoms with van der Waals surface area (Å²) in [7, 11) is 0. The molecule has 1 aromatic carbocycles. The molecule has 29 heavy (non-hydrogen) atoms. The maximum atomic E-state index is 4.80. The van der Waals surface area contributed by atoms with Crippen LogP contribution in [0.3, 0.4) is 0 Å². The van der Waals surface area contributed by atoms with E-state index >= 15 is 0 Å². The van der Waals surface area contributed by atoms with Crippen molar-refractivity contribution in [1.82, 2.24) is 20.5 Å². The van der Waals surface area contributed by atoms with Gasteiger partial charge in [0.25, 0.3) is 0 Å². The predicted octanol–water partition coefficient (Wildman–Crippen LogP) is 3.99. The van der Waals surface area contributed by atoms with Crippen molar-refractivity contribution < 1.29 is 0 Å². The van der Waals surface area contributed by atoms with E-state index < -0.39 is 0 Å². The first-order chi connectivity index (χ1) is 14.1. The van der Waals surface area contributed by atoms with Crippen LogP contribution in [-0.4, -0.2) is 47.6 Å². The topological polar surface area (TPSA) is 52.6 Å². The van der Waals surface area contributed by atoms with Crippen LogP contribution in [0.15, 0.2) is 40.7 Å². The van der Waals surface area contributed by atoms with Gasteiger partial charge in [-0.3, -0.25) is 9.89 Å². The summed E-state index contributed by atoms with van der Waals surface area (Å²) in [6.07, 6.45) is 4.35. The summed E-state index contributed by atoms with van der Waals surface area (Å²) in [5.74, 6) is 0.955. The van der Waals surface area contributed by atoms with E-state index in [2.05, 4.69) is 77.0 Å². The number of guanidine groups is 1. The maximum absolute atomic E-state index is 4.80. The third kappa shape index (κ3) is 7.12. The fourth-order valence-electron chi connectivity index (χ4n) is 3.86. The third-order valence-electron chi connectivity index (χ3n) is 5.41. The molecule has 3 rings (SSSR count). The highest BCUT2D eigenvalue weighted by Crippen LogP contribution is 2.20. The Morgan fingerprint density at radius 1 is 1.31 bits per heavy atom. The number of aliphatic imine (C=N–C) groups is 1. The van der Waals surface area contributed by atoms with Gasteiger partial charge in [-0.15, -0.1) is 11.3 Å². The van der Waals surface area contributed by atoms with E-state index in [0.29, 0.717) is 12.1 Å². The van der Waals surface area contributed by atoms with E-state index in [4.69, 9.17) is 4.99 Å². The van der Waals surface area contributed by atoms with Crippen molar-refractivity contribution in [2.24, 2.45) is 4.99 Å². The molecular weight excluding hydrogens is 378 g/mol. The standard InChI is InChI=1S/C23H35N5S/c1-4-24-23(25-13-8-11-22-26-18(2)17-29-22)27-21-12-14-28(19(3)15-21)16-20-9-6-5-7-10-20/h5-7,9-10,17,19,21H,4,8,11-16H2,1-3H3,(H2,24,25,27). The van der Waals surface area contributed by atoms with Gasteiger partial charge in [-0.1, -0.05) is 30.3 Å². The molecule has 0 radical (unpaired) electrons. The van der Waals surface area contributed by atoms with Gasteiger partial charge < -0.3 is 10.6 Å². The summed E-state index contributed by atoms with van der Waals surface area (Å²) in [4.78, 5) is 11.9. The molecule has 1 aliphatic rings. The fourth-order valence-corrected chi connectivity index (χ4v) is 4.67. The number of hydrogen-bond acceptors (Lipinski definition) is 4. The molecule has 0 bridgehead atoms. The SMILES string of the molecule is CCNC(=NCCCc1nc(C)cs1)NC1CCN(Cc2ccccc2)C(C)C1. The van der Waals surface area contributed by atoms with Crippen LogP contribution < -0.4 is 10.6 Å². The molecule has 1 aliphatic heterocycles. The quantitative estimate of drug-likeness (QED) is 0.390. The Bertz CT molecular complexity index is 758. The lowest BCUT2D eigenvalue weighted by atomic mass is 9.97. The van der Waals surface area contributed by atoms with Crippen LogP contribution >= 0.6 is 11.3 Å². The fraction of sp³-hybridized carbons (Fsp3) is 0.565. The van der Waals surface area contributed by atoms with Gasteiger partial charge in [0.2, 0.25) is 0 Å². The molecule has 0 aliphatic carbocycles. The molecule has 0 spiro atoms. The Balaban J connectivity index is 1.45. The van der Waals surface area contributed by atoms with Crippen molar-refractivity contribution in [2.75, 3.05) is 19.6 Å². The molecule has 6 heteroatoms. The maximum Gasteiger partial charge on any atom is 0.191 e. The minimum Gasteiger partial charge on any atom is -0.357 e. The average Bonchev–Trinajstić information content (AvgIpc) is 3.13. The Hall–Kier alpha value is -1.92. The molecule has 1 aromatic heterocycles. The van der Waals surface area contributed by atoms with Gasteiger partial charge in [-0.2, -0.15) is 0 Å². The molecule has 158 valence electrons. The number of nitrogens with zero attached hydrogens (tertiary/aromatic N) is 3. The van der Waals surface area contributed by atoms with Crippen LogP contribution in [0.4, 0.5) is 0 Å². The van der Waals surface area contributed by atoms with Crippen LogP contribution in [0.1, 0.15) is 49.4 Å². The van der Waals surface area contributed by atoms with Crippen molar-refractivity contribution in [3.05, 3.63) is 52.0 Å². The Morgan fingerprint density at radius 3 is 2.83 bits per heavy atom. The van der Waals surface area contributed by atoms with E-state index in [1.165, 1.54) is 10.6 Å². The number of thiazole rings is 1. The summed E-state index contributed by atoms with van der Waals surface area (Å²) in [5, 5.41) is 10.4. The number of benzene rings is 1. The lowest BCUT2D eigenvalue weighted by Gasteiger charge is -2.38. The smallest absolute Gasteiger partial charge is 0.191 e. The zero-order valence-corrected chi connectivity index (χ0v) is 18.8. The van der Waals surface area contributed by atoms with E-state index in [1.807, 2.05) is 0 Å². The predicted molar refractivity (Wildman–Crippen MR) is 124 cm³/mol. The number of aromatic nitrogens is 1.